The predicted octanol–water partition coefficient (Wildman–Crippen LogP) is 0.00740. The van der Waals surface area contributed by atoms with Gasteiger partial charge in [0.25, 0.3) is 0 Å². The van der Waals surface area contributed by atoms with Gasteiger partial charge in [0.1, 0.15) is 6.04 Å². The van der Waals surface area contributed by atoms with E-state index in [1.807, 2.05) is 0 Å². The number of carbonyl (C=O) groups excluding carboxylic acids is 3. The number of carbonyl (C=O) groups is 3. The minimum absolute atomic E-state index is 0.177. The van der Waals surface area contributed by atoms with Crippen molar-refractivity contribution in [1.82, 2.24) is 5.32 Å². The lowest BCUT2D eigenvalue weighted by Crippen LogP contribution is -2.39. The number of hydrogen-bond acceptors (Lipinski definition) is 5. The molecule has 0 heterocycles. The lowest BCUT2D eigenvalue weighted by molar-refractivity contribution is -0.145. The van der Waals surface area contributed by atoms with E-state index in [1.165, 1.54) is 21.1 Å². The van der Waals surface area contributed by atoms with Crippen LogP contribution < -0.4 is 5.32 Å². The van der Waals surface area contributed by atoms with Crippen LogP contribution >= 0.6 is 0 Å². The van der Waals surface area contributed by atoms with E-state index >= 15 is 0 Å². The summed E-state index contributed by atoms with van der Waals surface area (Å²) in [6, 6.07) is -0.671. The molecule has 0 aromatic heterocycles. The molecule has 0 spiro atoms. The van der Waals surface area contributed by atoms with Gasteiger partial charge in [-0.15, -0.1) is 0 Å². The first kappa shape index (κ1) is 14.4. The SMILES string of the molecule is COC(=O)CCCC(=O)N[C@@H](C)C(=O)OC. The van der Waals surface area contributed by atoms with E-state index in [0.29, 0.717) is 6.42 Å². The average Bonchev–Trinajstić information content (AvgIpc) is 2.27. The molecular formula is C10H17NO5. The summed E-state index contributed by atoms with van der Waals surface area (Å²) in [6.45, 7) is 1.53. The van der Waals surface area contributed by atoms with Crippen LogP contribution in [-0.4, -0.2) is 38.1 Å². The van der Waals surface area contributed by atoms with E-state index in [2.05, 4.69) is 14.8 Å². The van der Waals surface area contributed by atoms with Gasteiger partial charge in [-0.1, -0.05) is 0 Å². The Morgan fingerprint density at radius 1 is 1.12 bits per heavy atom. The Kier molecular flexibility index (Phi) is 6.91. The first-order chi connectivity index (χ1) is 7.51. The van der Waals surface area contributed by atoms with Crippen LogP contribution in [-0.2, 0) is 23.9 Å². The molecule has 0 saturated carbocycles. The molecule has 0 aliphatic heterocycles. The van der Waals surface area contributed by atoms with E-state index in [-0.39, 0.29) is 24.7 Å². The molecule has 0 aliphatic carbocycles. The third-order valence-corrected chi connectivity index (χ3v) is 1.94. The summed E-state index contributed by atoms with van der Waals surface area (Å²) < 4.78 is 8.87. The van der Waals surface area contributed by atoms with E-state index in [9.17, 15) is 14.4 Å². The molecule has 6 nitrogen and oxygen atoms in total. The highest BCUT2D eigenvalue weighted by atomic mass is 16.5. The largest absolute Gasteiger partial charge is 0.469 e. The monoisotopic (exact) mass is 231 g/mol. The van der Waals surface area contributed by atoms with E-state index < -0.39 is 12.0 Å². The van der Waals surface area contributed by atoms with Gasteiger partial charge in [-0.3, -0.25) is 9.59 Å². The van der Waals surface area contributed by atoms with Crippen molar-refractivity contribution in [2.45, 2.75) is 32.2 Å². The molecule has 1 amide bonds. The molecule has 0 aromatic rings. The Morgan fingerprint density at radius 2 is 1.75 bits per heavy atom. The maximum atomic E-state index is 11.3. The third-order valence-electron chi connectivity index (χ3n) is 1.94. The zero-order valence-corrected chi connectivity index (χ0v) is 9.74. The van der Waals surface area contributed by atoms with Crippen LogP contribution in [0.5, 0.6) is 0 Å². The first-order valence-electron chi connectivity index (χ1n) is 4.95. The summed E-state index contributed by atoms with van der Waals surface area (Å²) >= 11 is 0. The van der Waals surface area contributed by atoms with Gasteiger partial charge in [0, 0.05) is 12.8 Å². The Labute approximate surface area is 94.3 Å². The first-order valence-corrected chi connectivity index (χ1v) is 4.95. The van der Waals surface area contributed by atoms with Gasteiger partial charge in [-0.25, -0.2) is 4.79 Å². The lowest BCUT2D eigenvalue weighted by Gasteiger charge is -2.10. The van der Waals surface area contributed by atoms with Crippen LogP contribution in [0.25, 0.3) is 0 Å². The number of methoxy groups -OCH3 is 2. The van der Waals surface area contributed by atoms with Crippen LogP contribution in [0.3, 0.4) is 0 Å². The molecule has 16 heavy (non-hydrogen) atoms. The van der Waals surface area contributed by atoms with Crippen molar-refractivity contribution >= 4 is 17.8 Å². The Hall–Kier alpha value is -1.59. The summed E-state index contributed by atoms with van der Waals surface area (Å²) in [4.78, 5) is 33.0. The minimum Gasteiger partial charge on any atom is -0.469 e. The summed E-state index contributed by atoms with van der Waals surface area (Å²) in [5.41, 5.74) is 0. The molecule has 92 valence electrons. The van der Waals surface area contributed by atoms with Gasteiger partial charge >= 0.3 is 11.9 Å². The number of esters is 2. The fourth-order valence-electron chi connectivity index (χ4n) is 1.04. The topological polar surface area (TPSA) is 81.7 Å². The van der Waals surface area contributed by atoms with Crippen molar-refractivity contribution in [3.63, 3.8) is 0 Å². The van der Waals surface area contributed by atoms with Gasteiger partial charge in [-0.05, 0) is 13.3 Å². The molecule has 0 saturated heterocycles. The maximum absolute atomic E-state index is 11.3. The zero-order chi connectivity index (χ0) is 12.6. The summed E-state index contributed by atoms with van der Waals surface area (Å²) in [6.07, 6.45) is 0.763. The number of amides is 1. The molecule has 0 aromatic carbocycles. The van der Waals surface area contributed by atoms with Crippen molar-refractivity contribution in [2.24, 2.45) is 0 Å². The lowest BCUT2D eigenvalue weighted by atomic mass is 10.2. The van der Waals surface area contributed by atoms with Crippen molar-refractivity contribution in [1.29, 1.82) is 0 Å². The second kappa shape index (κ2) is 7.67. The molecule has 0 unspecified atom stereocenters. The quantitative estimate of drug-likeness (QED) is 0.651. The molecule has 1 N–H and O–H groups in total. The van der Waals surface area contributed by atoms with Crippen molar-refractivity contribution in [3.8, 4) is 0 Å². The van der Waals surface area contributed by atoms with E-state index in [4.69, 9.17) is 0 Å². The van der Waals surface area contributed by atoms with Crippen molar-refractivity contribution in [2.75, 3.05) is 14.2 Å². The highest BCUT2D eigenvalue weighted by Gasteiger charge is 2.15. The van der Waals surface area contributed by atoms with Crippen LogP contribution in [0, 0.1) is 0 Å². The summed E-state index contributed by atoms with van der Waals surface area (Å²) in [5.74, 6) is -1.14. The second-order valence-electron chi connectivity index (χ2n) is 3.24. The van der Waals surface area contributed by atoms with E-state index in [0.717, 1.165) is 0 Å². The van der Waals surface area contributed by atoms with Crippen LogP contribution in [0.2, 0.25) is 0 Å². The smallest absolute Gasteiger partial charge is 0.328 e. The summed E-state index contributed by atoms with van der Waals surface area (Å²) in [5, 5.41) is 2.46. The van der Waals surface area contributed by atoms with Gasteiger partial charge in [0.2, 0.25) is 5.91 Å². The highest BCUT2D eigenvalue weighted by molar-refractivity contribution is 5.84. The number of hydrogen-bond donors (Lipinski definition) is 1. The second-order valence-corrected chi connectivity index (χ2v) is 3.24. The normalized spacial score (nSPS) is 11.4. The van der Waals surface area contributed by atoms with Crippen molar-refractivity contribution < 1.29 is 23.9 Å². The molecule has 6 heteroatoms. The van der Waals surface area contributed by atoms with Crippen LogP contribution in [0.1, 0.15) is 26.2 Å². The molecular weight excluding hydrogens is 214 g/mol. The molecule has 0 bridgehead atoms. The Bertz CT molecular complexity index is 264. The van der Waals surface area contributed by atoms with Crippen LogP contribution in [0.4, 0.5) is 0 Å². The molecule has 0 fully saturated rings. The highest BCUT2D eigenvalue weighted by Crippen LogP contribution is 1.98. The van der Waals surface area contributed by atoms with E-state index in [1.54, 1.807) is 0 Å². The standard InChI is InChI=1S/C10H17NO5/c1-7(10(14)16-3)11-8(12)5-4-6-9(13)15-2/h7H,4-6H2,1-3H3,(H,11,12)/t7-/m0/s1. The van der Waals surface area contributed by atoms with Gasteiger partial charge in [-0.2, -0.15) is 0 Å². The number of rotatable bonds is 6. The fourth-order valence-corrected chi connectivity index (χ4v) is 1.04. The maximum Gasteiger partial charge on any atom is 0.328 e. The predicted molar refractivity (Wildman–Crippen MR) is 55.5 cm³/mol. The Morgan fingerprint density at radius 3 is 2.25 bits per heavy atom. The Balaban J connectivity index is 3.74. The molecule has 0 radical (unpaired) electrons. The minimum atomic E-state index is -0.671. The summed E-state index contributed by atoms with van der Waals surface area (Å²) in [7, 11) is 2.55. The molecule has 0 rings (SSSR count). The fraction of sp³-hybridized carbons (Fsp3) is 0.700. The number of ether oxygens (including phenoxy) is 2. The zero-order valence-electron chi connectivity index (χ0n) is 9.74. The molecule has 1 atom stereocenters. The number of nitrogens with one attached hydrogen (secondary N) is 1. The van der Waals surface area contributed by atoms with Gasteiger partial charge < -0.3 is 14.8 Å². The molecule has 0 aliphatic rings. The van der Waals surface area contributed by atoms with Crippen LogP contribution in [0.15, 0.2) is 0 Å². The van der Waals surface area contributed by atoms with Gasteiger partial charge in [0.05, 0.1) is 14.2 Å². The third kappa shape index (κ3) is 6.00. The van der Waals surface area contributed by atoms with Crippen molar-refractivity contribution in [3.05, 3.63) is 0 Å². The average molecular weight is 231 g/mol. The van der Waals surface area contributed by atoms with Gasteiger partial charge in [0.15, 0.2) is 0 Å².